The van der Waals surface area contributed by atoms with Crippen LogP contribution in [0.4, 0.5) is 10.5 Å². The predicted octanol–water partition coefficient (Wildman–Crippen LogP) is 6.32. The third-order valence-corrected chi connectivity index (χ3v) is 8.39. The number of nitrogens with one attached hydrogen (secondary N) is 1. The molecule has 6 heteroatoms. The van der Waals surface area contributed by atoms with E-state index in [0.717, 1.165) is 35.6 Å². The van der Waals surface area contributed by atoms with Crippen molar-refractivity contribution < 1.29 is 4.79 Å². The highest BCUT2D eigenvalue weighted by atomic mass is 16.2. The van der Waals surface area contributed by atoms with Gasteiger partial charge in [-0.15, -0.1) is 0 Å². The zero-order chi connectivity index (χ0) is 25.9. The van der Waals surface area contributed by atoms with E-state index in [9.17, 15) is 4.79 Å². The molecule has 6 nitrogen and oxygen atoms in total. The summed E-state index contributed by atoms with van der Waals surface area (Å²) in [5.74, 6) is 1.13. The number of aromatic nitrogens is 2. The molecule has 2 aliphatic heterocycles. The maximum Gasteiger partial charge on any atom is 0.322 e. The van der Waals surface area contributed by atoms with Gasteiger partial charge in [-0.25, -0.2) is 9.78 Å². The first-order valence-corrected chi connectivity index (χ1v) is 14.0. The number of benzene rings is 3. The maximum atomic E-state index is 13.2. The number of hydrogen-bond acceptors (Lipinski definition) is 3. The number of hydrogen-bond donors (Lipinski definition) is 1. The van der Waals surface area contributed by atoms with Crippen LogP contribution in [0.15, 0.2) is 84.9 Å². The molecule has 1 aromatic heterocycles. The van der Waals surface area contributed by atoms with Crippen molar-refractivity contribution in [3.63, 3.8) is 0 Å². The smallest absolute Gasteiger partial charge is 0.322 e. The van der Waals surface area contributed by atoms with Crippen molar-refractivity contribution >= 4 is 22.8 Å². The van der Waals surface area contributed by atoms with Crippen LogP contribution in [-0.2, 0) is 6.54 Å². The summed E-state index contributed by atoms with van der Waals surface area (Å²) in [6.07, 6.45) is 5.85. The molecular weight excluding hydrogens is 470 g/mol. The zero-order valence-electron chi connectivity index (χ0n) is 22.2. The number of fused-ring (bicyclic) bond motifs is 3. The van der Waals surface area contributed by atoms with Gasteiger partial charge in [0.2, 0.25) is 0 Å². The number of nitrogens with zero attached hydrogens (tertiary/aromatic N) is 4. The second kappa shape index (κ2) is 11.0. The average Bonchev–Trinajstić information content (AvgIpc) is 3.41. The minimum absolute atomic E-state index is 0.0378. The quantitative estimate of drug-likeness (QED) is 0.304. The molecular formula is C32H37N5O. The third kappa shape index (κ3) is 5.05. The lowest BCUT2D eigenvalue weighted by Gasteiger charge is -2.40. The van der Waals surface area contributed by atoms with Crippen molar-refractivity contribution in [1.29, 1.82) is 0 Å². The summed E-state index contributed by atoms with van der Waals surface area (Å²) in [4.78, 5) is 22.7. The lowest BCUT2D eigenvalue weighted by Crippen LogP contribution is -2.45. The van der Waals surface area contributed by atoms with E-state index >= 15 is 0 Å². The number of carbonyl (C=O) groups is 1. The highest BCUT2D eigenvalue weighted by Gasteiger charge is 2.41. The van der Waals surface area contributed by atoms with Crippen molar-refractivity contribution in [1.82, 2.24) is 19.8 Å². The Balaban J connectivity index is 1.09. The maximum absolute atomic E-state index is 13.2. The fourth-order valence-electron chi connectivity index (χ4n) is 6.68. The molecule has 0 spiro atoms. The second-order valence-corrected chi connectivity index (χ2v) is 10.8. The van der Waals surface area contributed by atoms with Gasteiger partial charge in [0.05, 0.1) is 11.0 Å². The van der Waals surface area contributed by atoms with E-state index in [4.69, 9.17) is 4.98 Å². The molecule has 1 unspecified atom stereocenters. The number of imidazole rings is 1. The third-order valence-electron chi connectivity index (χ3n) is 8.39. The molecule has 2 fully saturated rings. The van der Waals surface area contributed by atoms with Crippen LogP contribution >= 0.6 is 0 Å². The van der Waals surface area contributed by atoms with Gasteiger partial charge in [-0.05, 0) is 68.9 Å². The number of anilines is 1. The first-order valence-electron chi connectivity index (χ1n) is 14.0. The van der Waals surface area contributed by atoms with Gasteiger partial charge in [0.1, 0.15) is 5.82 Å². The summed E-state index contributed by atoms with van der Waals surface area (Å²) < 4.78 is 2.49. The van der Waals surface area contributed by atoms with E-state index in [1.54, 1.807) is 0 Å². The van der Waals surface area contributed by atoms with Crippen LogP contribution in [0.3, 0.4) is 0 Å². The Morgan fingerprint density at radius 1 is 0.895 bits per heavy atom. The first kappa shape index (κ1) is 24.7. The zero-order valence-corrected chi connectivity index (χ0v) is 22.2. The van der Waals surface area contributed by atoms with Gasteiger partial charge in [0.25, 0.3) is 0 Å². The molecule has 0 aliphatic carbocycles. The van der Waals surface area contributed by atoms with Gasteiger partial charge in [-0.1, -0.05) is 60.7 Å². The molecule has 4 aromatic rings. The van der Waals surface area contributed by atoms with E-state index < -0.39 is 0 Å². The Bertz CT molecular complexity index is 1350. The Hall–Kier alpha value is -3.64. The van der Waals surface area contributed by atoms with Gasteiger partial charge in [0.15, 0.2) is 0 Å². The fraction of sp³-hybridized carbons (Fsp3) is 0.375. The number of para-hydroxylation sites is 3. The van der Waals surface area contributed by atoms with Crippen LogP contribution in [-0.4, -0.2) is 45.7 Å². The molecule has 0 saturated carbocycles. The van der Waals surface area contributed by atoms with Crippen molar-refractivity contribution in [2.45, 2.75) is 63.7 Å². The Morgan fingerprint density at radius 3 is 2.29 bits per heavy atom. The minimum atomic E-state index is -0.0378. The number of carbonyl (C=O) groups excluding carboxylic acids is 1. The van der Waals surface area contributed by atoms with E-state index in [0.29, 0.717) is 31.2 Å². The molecule has 38 heavy (non-hydrogen) atoms. The molecule has 0 radical (unpaired) electrons. The summed E-state index contributed by atoms with van der Waals surface area (Å²) in [5.41, 5.74) is 4.42. The predicted molar refractivity (Wildman–Crippen MR) is 153 cm³/mol. The van der Waals surface area contributed by atoms with Crippen molar-refractivity contribution in [3.8, 4) is 0 Å². The summed E-state index contributed by atoms with van der Waals surface area (Å²) in [6, 6.07) is 30.4. The van der Waals surface area contributed by atoms with Crippen LogP contribution in [0, 0.1) is 6.92 Å². The van der Waals surface area contributed by atoms with Gasteiger partial charge < -0.3 is 9.88 Å². The minimum Gasteiger partial charge on any atom is -0.334 e. The van der Waals surface area contributed by atoms with Crippen LogP contribution < -0.4 is 10.2 Å². The highest BCUT2D eigenvalue weighted by molar-refractivity contribution is 5.91. The molecule has 2 saturated heterocycles. The van der Waals surface area contributed by atoms with Crippen molar-refractivity contribution in [2.24, 2.45) is 0 Å². The van der Waals surface area contributed by atoms with Crippen LogP contribution in [0.5, 0.6) is 0 Å². The van der Waals surface area contributed by atoms with E-state index in [-0.39, 0.29) is 6.03 Å². The lowest BCUT2D eigenvalue weighted by molar-refractivity contribution is 0.107. The molecule has 2 amide bonds. The van der Waals surface area contributed by atoms with Crippen LogP contribution in [0.2, 0.25) is 0 Å². The number of urea groups is 1. The van der Waals surface area contributed by atoms with Crippen LogP contribution in [0.25, 0.3) is 11.0 Å². The number of piperidine rings is 1. The van der Waals surface area contributed by atoms with E-state index in [1.165, 1.54) is 31.2 Å². The van der Waals surface area contributed by atoms with Gasteiger partial charge in [-0.2, -0.15) is 0 Å². The Labute approximate surface area is 225 Å². The fourth-order valence-corrected chi connectivity index (χ4v) is 6.68. The molecule has 1 N–H and O–H groups in total. The van der Waals surface area contributed by atoms with Crippen molar-refractivity contribution in [2.75, 3.05) is 18.0 Å². The second-order valence-electron chi connectivity index (χ2n) is 10.8. The Kier molecular flexibility index (Phi) is 7.14. The topological polar surface area (TPSA) is 53.4 Å². The van der Waals surface area contributed by atoms with Crippen LogP contribution in [0.1, 0.15) is 49.5 Å². The molecule has 3 aromatic carbocycles. The molecule has 2 aliphatic rings. The number of rotatable bonds is 8. The standard InChI is InChI=1S/C32H37N5O/c1-24-34-30-15-8-9-16-31(30)37(24)29-21-27-17-18-28(22-29)35(27)19-10-20-36(26-13-6-3-7-14-26)32(38)33-23-25-11-4-2-5-12-25/h2-9,11-16,27-29H,10,17-23H2,1H3,(H,33,38)/t27-,28+,29?. The largest absolute Gasteiger partial charge is 0.334 e. The Morgan fingerprint density at radius 2 is 1.55 bits per heavy atom. The number of amides is 2. The monoisotopic (exact) mass is 507 g/mol. The first-order chi connectivity index (χ1) is 18.7. The summed E-state index contributed by atoms with van der Waals surface area (Å²) in [5, 5.41) is 3.12. The average molecular weight is 508 g/mol. The number of aryl methyl sites for hydroxylation is 1. The SMILES string of the molecule is Cc1nc2ccccc2n1C1C[C@H]2CC[C@@H](C1)N2CCCN(C(=O)NCc1ccccc1)c1ccccc1. The van der Waals surface area contributed by atoms with Gasteiger partial charge in [-0.3, -0.25) is 9.80 Å². The van der Waals surface area contributed by atoms with E-state index in [2.05, 4.69) is 46.0 Å². The molecule has 196 valence electrons. The van der Waals surface area contributed by atoms with Crippen molar-refractivity contribution in [3.05, 3.63) is 96.3 Å². The molecule has 2 bridgehead atoms. The molecule has 6 rings (SSSR count). The molecule has 3 heterocycles. The van der Waals surface area contributed by atoms with E-state index in [1.807, 2.05) is 65.6 Å². The van der Waals surface area contributed by atoms with Gasteiger partial charge >= 0.3 is 6.03 Å². The normalized spacial score (nSPS) is 21.0. The highest BCUT2D eigenvalue weighted by Crippen LogP contribution is 2.42. The summed E-state index contributed by atoms with van der Waals surface area (Å²) in [6.45, 7) is 4.41. The molecule has 3 atom stereocenters. The van der Waals surface area contributed by atoms with Gasteiger partial charge in [0, 0.05) is 43.4 Å². The lowest BCUT2D eigenvalue weighted by atomic mass is 9.96. The summed E-state index contributed by atoms with van der Waals surface area (Å²) in [7, 11) is 0. The summed E-state index contributed by atoms with van der Waals surface area (Å²) >= 11 is 0.